The zero-order valence-corrected chi connectivity index (χ0v) is 18.0. The lowest BCUT2D eigenvalue weighted by Gasteiger charge is -2.29. The van der Waals surface area contributed by atoms with Gasteiger partial charge in [0.15, 0.2) is 11.5 Å². The molecule has 31 heavy (non-hydrogen) atoms. The Morgan fingerprint density at radius 2 is 1.74 bits per heavy atom. The molecule has 2 aromatic rings. The van der Waals surface area contributed by atoms with E-state index >= 15 is 0 Å². The van der Waals surface area contributed by atoms with E-state index in [0.717, 1.165) is 17.5 Å². The number of aryl methyl sites for hydroxylation is 1. The molecule has 1 heterocycles. The first-order valence-corrected chi connectivity index (χ1v) is 10.7. The van der Waals surface area contributed by atoms with Gasteiger partial charge < -0.3 is 19.7 Å². The minimum absolute atomic E-state index is 0.140. The summed E-state index contributed by atoms with van der Waals surface area (Å²) in [4.78, 5) is 27.2. The SMILES string of the molecule is CCCNC(=O)[C@H](C)N(Cc1ccc(F)cc1)C(=O)CCc1ccc2c(c1)OCCO2. The highest BCUT2D eigenvalue weighted by Crippen LogP contribution is 2.31. The summed E-state index contributed by atoms with van der Waals surface area (Å²) in [6.45, 7) is 5.52. The van der Waals surface area contributed by atoms with Gasteiger partial charge in [-0.05, 0) is 55.2 Å². The van der Waals surface area contributed by atoms with Crippen LogP contribution in [0.15, 0.2) is 42.5 Å². The Kier molecular flexibility index (Phi) is 7.87. The average molecular weight is 429 g/mol. The summed E-state index contributed by atoms with van der Waals surface area (Å²) in [6, 6.07) is 11.0. The Hall–Kier alpha value is -3.09. The zero-order valence-electron chi connectivity index (χ0n) is 18.0. The molecule has 166 valence electrons. The van der Waals surface area contributed by atoms with Crippen molar-refractivity contribution in [2.75, 3.05) is 19.8 Å². The van der Waals surface area contributed by atoms with Gasteiger partial charge in [0.25, 0.3) is 0 Å². The van der Waals surface area contributed by atoms with Gasteiger partial charge in [0.1, 0.15) is 25.1 Å². The highest BCUT2D eigenvalue weighted by molar-refractivity contribution is 5.87. The summed E-state index contributed by atoms with van der Waals surface area (Å²) in [7, 11) is 0. The van der Waals surface area contributed by atoms with Crippen LogP contribution in [0.1, 0.15) is 37.8 Å². The Morgan fingerprint density at radius 1 is 1.06 bits per heavy atom. The fourth-order valence-corrected chi connectivity index (χ4v) is 3.40. The van der Waals surface area contributed by atoms with Crippen LogP contribution in [0.5, 0.6) is 11.5 Å². The van der Waals surface area contributed by atoms with Crippen LogP contribution in [0.25, 0.3) is 0 Å². The number of ether oxygens (including phenoxy) is 2. The molecule has 1 N–H and O–H groups in total. The molecule has 2 aromatic carbocycles. The number of hydrogen-bond donors (Lipinski definition) is 1. The van der Waals surface area contributed by atoms with Crippen molar-refractivity contribution in [3.63, 3.8) is 0 Å². The number of rotatable bonds is 9. The normalized spacial score (nSPS) is 13.4. The first kappa shape index (κ1) is 22.6. The molecule has 0 saturated heterocycles. The van der Waals surface area contributed by atoms with Crippen molar-refractivity contribution in [1.29, 1.82) is 0 Å². The molecule has 6 nitrogen and oxygen atoms in total. The van der Waals surface area contributed by atoms with Crippen molar-refractivity contribution >= 4 is 11.8 Å². The summed E-state index contributed by atoms with van der Waals surface area (Å²) in [5, 5.41) is 2.85. The number of nitrogens with one attached hydrogen (secondary N) is 1. The number of nitrogens with zero attached hydrogens (tertiary/aromatic N) is 1. The third-order valence-electron chi connectivity index (χ3n) is 5.22. The number of benzene rings is 2. The fourth-order valence-electron chi connectivity index (χ4n) is 3.40. The number of hydrogen-bond acceptors (Lipinski definition) is 4. The van der Waals surface area contributed by atoms with Crippen molar-refractivity contribution in [1.82, 2.24) is 10.2 Å². The molecule has 0 radical (unpaired) electrons. The van der Waals surface area contributed by atoms with Crippen LogP contribution in [0, 0.1) is 5.82 Å². The second kappa shape index (κ2) is 10.8. The van der Waals surface area contributed by atoms with Crippen LogP contribution in [-0.2, 0) is 22.6 Å². The van der Waals surface area contributed by atoms with Crippen LogP contribution in [0.3, 0.4) is 0 Å². The maximum atomic E-state index is 13.3. The van der Waals surface area contributed by atoms with Crippen molar-refractivity contribution in [2.24, 2.45) is 0 Å². The second-order valence-electron chi connectivity index (χ2n) is 7.59. The minimum atomic E-state index is -0.635. The van der Waals surface area contributed by atoms with E-state index < -0.39 is 6.04 Å². The monoisotopic (exact) mass is 428 g/mol. The lowest BCUT2D eigenvalue weighted by atomic mass is 10.1. The van der Waals surface area contributed by atoms with Crippen LogP contribution in [0.2, 0.25) is 0 Å². The minimum Gasteiger partial charge on any atom is -0.486 e. The summed E-state index contributed by atoms with van der Waals surface area (Å²) in [5.74, 6) is 0.719. The fraction of sp³-hybridized carbons (Fsp3) is 0.417. The molecule has 1 atom stereocenters. The van der Waals surface area contributed by atoms with Crippen molar-refractivity contribution in [3.05, 3.63) is 59.4 Å². The molecule has 0 aliphatic carbocycles. The smallest absolute Gasteiger partial charge is 0.242 e. The van der Waals surface area contributed by atoms with Gasteiger partial charge in [0.05, 0.1) is 0 Å². The largest absolute Gasteiger partial charge is 0.486 e. The summed E-state index contributed by atoms with van der Waals surface area (Å²) in [6.07, 6.45) is 1.57. The number of carbonyl (C=O) groups is 2. The molecule has 7 heteroatoms. The standard InChI is InChI=1S/C24H29FN2O4/c1-3-12-26-24(29)17(2)27(16-19-4-8-20(25)9-5-19)23(28)11-7-18-6-10-21-22(15-18)31-14-13-30-21/h4-6,8-10,15,17H,3,7,11-14,16H2,1-2H3,(H,26,29)/t17-/m0/s1. The average Bonchev–Trinajstić information content (AvgIpc) is 2.80. The van der Waals surface area contributed by atoms with E-state index in [9.17, 15) is 14.0 Å². The highest BCUT2D eigenvalue weighted by Gasteiger charge is 2.26. The predicted octanol–water partition coefficient (Wildman–Crippen LogP) is 3.47. The molecular weight excluding hydrogens is 399 g/mol. The van der Waals surface area contributed by atoms with E-state index in [1.807, 2.05) is 25.1 Å². The molecule has 0 fully saturated rings. The first-order chi connectivity index (χ1) is 15.0. The van der Waals surface area contributed by atoms with Gasteiger partial charge in [-0.3, -0.25) is 9.59 Å². The molecule has 0 aromatic heterocycles. The summed E-state index contributed by atoms with van der Waals surface area (Å²) in [5.41, 5.74) is 1.73. The Bertz CT molecular complexity index is 901. The summed E-state index contributed by atoms with van der Waals surface area (Å²) < 4.78 is 24.4. The van der Waals surface area contributed by atoms with Crippen molar-refractivity contribution < 1.29 is 23.5 Å². The number of amides is 2. The predicted molar refractivity (Wildman–Crippen MR) is 115 cm³/mol. The van der Waals surface area contributed by atoms with Crippen LogP contribution in [0.4, 0.5) is 4.39 Å². The van der Waals surface area contributed by atoms with Crippen molar-refractivity contribution in [2.45, 2.75) is 45.7 Å². The van der Waals surface area contributed by atoms with Gasteiger partial charge in [-0.1, -0.05) is 25.1 Å². The van der Waals surface area contributed by atoms with Gasteiger partial charge in [-0.15, -0.1) is 0 Å². The van der Waals surface area contributed by atoms with E-state index in [0.29, 0.717) is 37.7 Å². The molecule has 0 unspecified atom stereocenters. The molecule has 0 saturated carbocycles. The molecule has 1 aliphatic heterocycles. The van der Waals surface area contributed by atoms with Gasteiger partial charge in [0.2, 0.25) is 11.8 Å². The van der Waals surface area contributed by atoms with E-state index in [2.05, 4.69) is 5.32 Å². The number of halogens is 1. The molecular formula is C24H29FN2O4. The molecule has 0 spiro atoms. The third-order valence-corrected chi connectivity index (χ3v) is 5.22. The topological polar surface area (TPSA) is 67.9 Å². The van der Waals surface area contributed by atoms with E-state index in [4.69, 9.17) is 9.47 Å². The van der Waals surface area contributed by atoms with Crippen LogP contribution in [-0.4, -0.2) is 42.5 Å². The second-order valence-corrected chi connectivity index (χ2v) is 7.59. The lowest BCUT2D eigenvalue weighted by Crippen LogP contribution is -2.47. The Balaban J connectivity index is 1.69. The maximum Gasteiger partial charge on any atom is 0.242 e. The number of carbonyl (C=O) groups excluding carboxylic acids is 2. The van der Waals surface area contributed by atoms with E-state index in [1.54, 1.807) is 24.0 Å². The third kappa shape index (κ3) is 6.20. The van der Waals surface area contributed by atoms with Crippen LogP contribution >= 0.6 is 0 Å². The van der Waals surface area contributed by atoms with E-state index in [-0.39, 0.29) is 30.6 Å². The van der Waals surface area contributed by atoms with Crippen molar-refractivity contribution in [3.8, 4) is 11.5 Å². The first-order valence-electron chi connectivity index (χ1n) is 10.7. The number of fused-ring (bicyclic) bond motifs is 1. The van der Waals surface area contributed by atoms with Gasteiger partial charge >= 0.3 is 0 Å². The Morgan fingerprint density at radius 3 is 2.45 bits per heavy atom. The van der Waals surface area contributed by atoms with E-state index in [1.165, 1.54) is 12.1 Å². The highest BCUT2D eigenvalue weighted by atomic mass is 19.1. The zero-order chi connectivity index (χ0) is 22.2. The molecule has 0 bridgehead atoms. The summed E-state index contributed by atoms with van der Waals surface area (Å²) >= 11 is 0. The van der Waals surface area contributed by atoms with Gasteiger partial charge in [-0.25, -0.2) is 4.39 Å². The van der Waals surface area contributed by atoms with Gasteiger partial charge in [-0.2, -0.15) is 0 Å². The molecule has 3 rings (SSSR count). The molecule has 1 aliphatic rings. The maximum absolute atomic E-state index is 13.3. The van der Waals surface area contributed by atoms with Crippen LogP contribution < -0.4 is 14.8 Å². The quantitative estimate of drug-likeness (QED) is 0.664. The molecule has 2 amide bonds. The lowest BCUT2D eigenvalue weighted by molar-refractivity contribution is -0.140. The van der Waals surface area contributed by atoms with Gasteiger partial charge in [0, 0.05) is 19.5 Å². The Labute approximate surface area is 182 Å².